The zero-order chi connectivity index (χ0) is 19.0. The molecule has 2 aromatic carbocycles. The predicted molar refractivity (Wildman–Crippen MR) is 105 cm³/mol. The molecule has 0 bridgehead atoms. The van der Waals surface area contributed by atoms with E-state index in [1.165, 1.54) is 5.56 Å². The second kappa shape index (κ2) is 9.54. The van der Waals surface area contributed by atoms with Crippen LogP contribution >= 0.6 is 0 Å². The van der Waals surface area contributed by atoms with Gasteiger partial charge in [-0.05, 0) is 28.7 Å². The maximum atomic E-state index is 11.4. The first kappa shape index (κ1) is 20.2. The predicted octanol–water partition coefficient (Wildman–Crippen LogP) is 4.28. The van der Waals surface area contributed by atoms with Gasteiger partial charge in [-0.3, -0.25) is 8.37 Å². The maximum absolute atomic E-state index is 11.4. The van der Waals surface area contributed by atoms with Gasteiger partial charge in [0.1, 0.15) is 25.6 Å². The molecule has 0 amide bonds. The quantitative estimate of drug-likeness (QED) is 0.513. The van der Waals surface area contributed by atoms with Crippen LogP contribution < -0.4 is 4.74 Å². The third kappa shape index (κ3) is 5.99. The first-order valence-electron chi connectivity index (χ1n) is 8.36. The molecule has 0 aliphatic heterocycles. The second-order valence-electron chi connectivity index (χ2n) is 6.67. The van der Waals surface area contributed by atoms with E-state index in [9.17, 15) is 4.21 Å². The monoisotopic (exact) mass is 372 g/mol. The van der Waals surface area contributed by atoms with Gasteiger partial charge in [-0.25, -0.2) is 0 Å². The smallest absolute Gasteiger partial charge is 0.305 e. The Morgan fingerprint density at radius 2 is 1.77 bits per heavy atom. The molecule has 138 valence electrons. The van der Waals surface area contributed by atoms with Crippen LogP contribution in [0.3, 0.4) is 0 Å². The molecule has 0 radical (unpaired) electrons. The van der Waals surface area contributed by atoms with E-state index >= 15 is 0 Å². The van der Waals surface area contributed by atoms with E-state index in [1.807, 2.05) is 36.4 Å². The molecule has 0 aliphatic carbocycles. The Balaban J connectivity index is 2.10. The minimum absolute atomic E-state index is 0.0381. The summed E-state index contributed by atoms with van der Waals surface area (Å²) in [5, 5.41) is 0. The summed E-state index contributed by atoms with van der Waals surface area (Å²) in [6, 6.07) is 16.3. The average molecular weight is 372 g/mol. The van der Waals surface area contributed by atoms with Crippen molar-refractivity contribution in [1.82, 2.24) is 0 Å². The second-order valence-corrected chi connectivity index (χ2v) is 7.55. The van der Waals surface area contributed by atoms with Crippen LogP contribution in [-0.2, 0) is 25.1 Å². The van der Waals surface area contributed by atoms with E-state index in [0.717, 1.165) is 16.9 Å². The standard InChI is InChI=1S/C21H24O4S/c1-5-13-24-26(22)25-15-14-23-20-12-11-18(21(2,3)4)16-19(20)17-9-7-6-8-10-17/h1,6-12,16H,13-15H2,2-4H3. The highest BCUT2D eigenvalue weighted by Gasteiger charge is 2.17. The highest BCUT2D eigenvalue weighted by molar-refractivity contribution is 7.75. The summed E-state index contributed by atoms with van der Waals surface area (Å²) in [4.78, 5) is 0. The largest absolute Gasteiger partial charge is 0.490 e. The SMILES string of the molecule is C#CCOS(=O)OCCOc1ccc(C(C)(C)C)cc1-c1ccccc1. The third-order valence-electron chi connectivity index (χ3n) is 3.69. The molecule has 0 aliphatic rings. The van der Waals surface area contributed by atoms with Crippen LogP contribution in [0, 0.1) is 12.3 Å². The van der Waals surface area contributed by atoms with Crippen molar-refractivity contribution in [3.63, 3.8) is 0 Å². The van der Waals surface area contributed by atoms with Gasteiger partial charge in [-0.2, -0.15) is 4.21 Å². The van der Waals surface area contributed by atoms with E-state index in [0.29, 0.717) is 0 Å². The van der Waals surface area contributed by atoms with E-state index in [-0.39, 0.29) is 25.2 Å². The van der Waals surface area contributed by atoms with Crippen molar-refractivity contribution in [2.24, 2.45) is 0 Å². The van der Waals surface area contributed by atoms with E-state index in [2.05, 4.69) is 38.8 Å². The summed E-state index contributed by atoms with van der Waals surface area (Å²) < 4.78 is 27.0. The van der Waals surface area contributed by atoms with Crippen LogP contribution in [0.1, 0.15) is 26.3 Å². The van der Waals surface area contributed by atoms with Crippen molar-refractivity contribution < 1.29 is 17.3 Å². The highest BCUT2D eigenvalue weighted by atomic mass is 32.2. The molecule has 1 atom stereocenters. The first-order valence-corrected chi connectivity index (χ1v) is 9.36. The Bertz CT molecular complexity index is 773. The molecule has 26 heavy (non-hydrogen) atoms. The van der Waals surface area contributed by atoms with Gasteiger partial charge < -0.3 is 4.74 Å². The Morgan fingerprint density at radius 1 is 1.04 bits per heavy atom. The molecule has 4 nitrogen and oxygen atoms in total. The van der Waals surface area contributed by atoms with Gasteiger partial charge in [0.25, 0.3) is 0 Å². The summed E-state index contributed by atoms with van der Waals surface area (Å²) in [6.07, 6.45) is 5.03. The van der Waals surface area contributed by atoms with Crippen molar-refractivity contribution in [2.45, 2.75) is 26.2 Å². The number of terminal acetylenes is 1. The van der Waals surface area contributed by atoms with Crippen LogP contribution in [-0.4, -0.2) is 24.0 Å². The van der Waals surface area contributed by atoms with Crippen LogP contribution in [0.5, 0.6) is 5.75 Å². The van der Waals surface area contributed by atoms with Gasteiger partial charge in [-0.15, -0.1) is 6.42 Å². The molecule has 0 heterocycles. The van der Waals surface area contributed by atoms with E-state index in [1.54, 1.807) is 0 Å². The Hall–Kier alpha value is -2.13. The van der Waals surface area contributed by atoms with Gasteiger partial charge in [0.05, 0.1) is 0 Å². The third-order valence-corrected chi connectivity index (χ3v) is 4.36. The average Bonchev–Trinajstić information content (AvgIpc) is 2.63. The van der Waals surface area contributed by atoms with Crippen molar-refractivity contribution in [2.75, 3.05) is 19.8 Å². The normalized spacial score (nSPS) is 12.4. The Morgan fingerprint density at radius 3 is 2.42 bits per heavy atom. The molecule has 2 aromatic rings. The molecule has 0 spiro atoms. The molecule has 1 unspecified atom stereocenters. The number of ether oxygens (including phenoxy) is 1. The van der Waals surface area contributed by atoms with Crippen molar-refractivity contribution >= 4 is 11.4 Å². The summed E-state index contributed by atoms with van der Waals surface area (Å²) in [6.45, 7) is 6.86. The number of hydrogen-bond donors (Lipinski definition) is 0. The topological polar surface area (TPSA) is 44.8 Å². The lowest BCUT2D eigenvalue weighted by Crippen LogP contribution is -2.13. The van der Waals surface area contributed by atoms with E-state index in [4.69, 9.17) is 19.5 Å². The summed E-state index contributed by atoms with van der Waals surface area (Å²) in [5.74, 6) is 2.98. The van der Waals surface area contributed by atoms with Crippen LogP contribution in [0.2, 0.25) is 0 Å². The fourth-order valence-electron chi connectivity index (χ4n) is 2.34. The zero-order valence-corrected chi connectivity index (χ0v) is 16.2. The molecule has 0 N–H and O–H groups in total. The summed E-state index contributed by atoms with van der Waals surface area (Å²) in [7, 11) is 0. The first-order chi connectivity index (χ1) is 12.4. The van der Waals surface area contributed by atoms with Gasteiger partial charge in [0.15, 0.2) is 0 Å². The molecule has 0 fully saturated rings. The Labute approximate surface area is 158 Å². The van der Waals surface area contributed by atoms with Gasteiger partial charge in [-0.1, -0.05) is 63.1 Å². The van der Waals surface area contributed by atoms with Crippen LogP contribution in [0.15, 0.2) is 48.5 Å². The molecule has 5 heteroatoms. The van der Waals surface area contributed by atoms with Crippen molar-refractivity contribution in [1.29, 1.82) is 0 Å². The summed E-state index contributed by atoms with van der Waals surface area (Å²) in [5.41, 5.74) is 3.36. The lowest BCUT2D eigenvalue weighted by Gasteiger charge is -2.21. The maximum Gasteiger partial charge on any atom is 0.305 e. The lowest BCUT2D eigenvalue weighted by molar-refractivity contribution is 0.206. The molecule has 2 rings (SSSR count). The molecular formula is C21H24O4S. The molecule has 0 saturated heterocycles. The zero-order valence-electron chi connectivity index (χ0n) is 15.4. The summed E-state index contributed by atoms with van der Waals surface area (Å²) >= 11 is -1.86. The van der Waals surface area contributed by atoms with Crippen molar-refractivity contribution in [3.05, 3.63) is 54.1 Å². The molecule has 0 aromatic heterocycles. The van der Waals surface area contributed by atoms with Gasteiger partial charge in [0.2, 0.25) is 0 Å². The number of benzene rings is 2. The molecule has 0 saturated carbocycles. The fraction of sp³-hybridized carbons (Fsp3) is 0.333. The fourth-order valence-corrected chi connectivity index (χ4v) is 2.77. The Kier molecular flexibility index (Phi) is 7.40. The lowest BCUT2D eigenvalue weighted by atomic mass is 9.85. The number of rotatable bonds is 8. The van der Waals surface area contributed by atoms with Crippen LogP contribution in [0.4, 0.5) is 0 Å². The highest BCUT2D eigenvalue weighted by Crippen LogP contribution is 2.34. The minimum atomic E-state index is -1.86. The minimum Gasteiger partial charge on any atom is -0.490 e. The molecular weight excluding hydrogens is 348 g/mol. The van der Waals surface area contributed by atoms with Crippen molar-refractivity contribution in [3.8, 4) is 29.2 Å². The van der Waals surface area contributed by atoms with E-state index < -0.39 is 11.4 Å². The number of hydrogen-bond acceptors (Lipinski definition) is 4. The van der Waals surface area contributed by atoms with Crippen LogP contribution in [0.25, 0.3) is 11.1 Å². The van der Waals surface area contributed by atoms with Gasteiger partial charge >= 0.3 is 11.4 Å². The van der Waals surface area contributed by atoms with Gasteiger partial charge in [0, 0.05) is 5.56 Å².